The van der Waals surface area contributed by atoms with Gasteiger partial charge in [-0.15, -0.1) is 24.0 Å². The average molecular weight is 483 g/mol. The summed E-state index contributed by atoms with van der Waals surface area (Å²) < 4.78 is 36.6. The molecule has 0 heterocycles. The van der Waals surface area contributed by atoms with E-state index < -0.39 is 11.6 Å². The van der Waals surface area contributed by atoms with Crippen LogP contribution in [-0.4, -0.2) is 46.4 Å². The molecule has 0 aliphatic heterocycles. The standard InChI is InChI=1S/C18H27F2N3O2.HI/c1-21-17(23-13-18(6-3-7-18)8-10-24-2)22-9-11-25-14-4-5-15(19)16(20)12-14;/h4-5,12H,3,6-11,13H2,1-2H3,(H2,21,22,23);1H. The molecule has 1 fully saturated rings. The maximum absolute atomic E-state index is 13.1. The zero-order chi connectivity index (χ0) is 18.1. The van der Waals surface area contributed by atoms with Crippen molar-refractivity contribution in [2.24, 2.45) is 10.4 Å². The summed E-state index contributed by atoms with van der Waals surface area (Å²) in [4.78, 5) is 4.20. The van der Waals surface area contributed by atoms with Gasteiger partial charge in [0.1, 0.15) is 12.4 Å². The van der Waals surface area contributed by atoms with Gasteiger partial charge in [0.2, 0.25) is 0 Å². The van der Waals surface area contributed by atoms with Crippen LogP contribution in [0.3, 0.4) is 0 Å². The molecule has 148 valence electrons. The van der Waals surface area contributed by atoms with Crippen molar-refractivity contribution in [2.75, 3.05) is 40.5 Å². The summed E-state index contributed by atoms with van der Waals surface area (Å²) in [6.45, 7) is 2.46. The Labute approximate surface area is 171 Å². The molecule has 0 radical (unpaired) electrons. The number of hydrogen-bond donors (Lipinski definition) is 2. The lowest BCUT2D eigenvalue weighted by Crippen LogP contribution is -2.47. The van der Waals surface area contributed by atoms with E-state index in [9.17, 15) is 8.78 Å². The minimum atomic E-state index is -0.912. The highest BCUT2D eigenvalue weighted by Crippen LogP contribution is 2.43. The molecule has 26 heavy (non-hydrogen) atoms. The molecule has 0 spiro atoms. The fraction of sp³-hybridized carbons (Fsp3) is 0.611. The van der Waals surface area contributed by atoms with E-state index in [2.05, 4.69) is 15.6 Å². The Morgan fingerprint density at radius 1 is 1.19 bits per heavy atom. The van der Waals surface area contributed by atoms with Crippen LogP contribution in [0.4, 0.5) is 8.78 Å². The molecule has 0 atom stereocenters. The normalized spacial score (nSPS) is 15.6. The number of benzene rings is 1. The number of methoxy groups -OCH3 is 1. The minimum Gasteiger partial charge on any atom is -0.492 e. The van der Waals surface area contributed by atoms with E-state index in [4.69, 9.17) is 9.47 Å². The third-order valence-electron chi connectivity index (χ3n) is 4.66. The van der Waals surface area contributed by atoms with Crippen LogP contribution < -0.4 is 15.4 Å². The molecule has 5 nitrogen and oxygen atoms in total. The lowest BCUT2D eigenvalue weighted by molar-refractivity contribution is 0.0732. The van der Waals surface area contributed by atoms with Crippen LogP contribution in [0.5, 0.6) is 5.75 Å². The van der Waals surface area contributed by atoms with Crippen LogP contribution in [0.15, 0.2) is 23.2 Å². The van der Waals surface area contributed by atoms with Crippen molar-refractivity contribution in [3.63, 3.8) is 0 Å². The van der Waals surface area contributed by atoms with E-state index in [0.717, 1.165) is 31.7 Å². The second-order valence-electron chi connectivity index (χ2n) is 6.37. The van der Waals surface area contributed by atoms with Crippen molar-refractivity contribution in [1.29, 1.82) is 0 Å². The van der Waals surface area contributed by atoms with Crippen LogP contribution in [0.1, 0.15) is 25.7 Å². The van der Waals surface area contributed by atoms with E-state index >= 15 is 0 Å². The smallest absolute Gasteiger partial charge is 0.191 e. The van der Waals surface area contributed by atoms with Gasteiger partial charge in [0.25, 0.3) is 0 Å². The van der Waals surface area contributed by atoms with Gasteiger partial charge >= 0.3 is 0 Å². The molecule has 0 amide bonds. The van der Waals surface area contributed by atoms with Gasteiger partial charge in [0, 0.05) is 33.4 Å². The maximum Gasteiger partial charge on any atom is 0.191 e. The zero-order valence-corrected chi connectivity index (χ0v) is 17.6. The topological polar surface area (TPSA) is 54.9 Å². The van der Waals surface area contributed by atoms with Crippen molar-refractivity contribution in [3.05, 3.63) is 29.8 Å². The fourth-order valence-corrected chi connectivity index (χ4v) is 2.91. The molecule has 1 aliphatic carbocycles. The van der Waals surface area contributed by atoms with E-state index in [1.807, 2.05) is 0 Å². The first kappa shape index (κ1) is 22.9. The first-order valence-electron chi connectivity index (χ1n) is 8.60. The molecule has 2 N–H and O–H groups in total. The fourth-order valence-electron chi connectivity index (χ4n) is 2.91. The van der Waals surface area contributed by atoms with Gasteiger partial charge in [-0.25, -0.2) is 8.78 Å². The monoisotopic (exact) mass is 483 g/mol. The highest BCUT2D eigenvalue weighted by molar-refractivity contribution is 14.0. The zero-order valence-electron chi connectivity index (χ0n) is 15.3. The lowest BCUT2D eigenvalue weighted by atomic mass is 9.67. The summed E-state index contributed by atoms with van der Waals surface area (Å²) in [5.41, 5.74) is 0.301. The molecule has 1 aliphatic rings. The summed E-state index contributed by atoms with van der Waals surface area (Å²) in [5, 5.41) is 6.51. The van der Waals surface area contributed by atoms with Crippen molar-refractivity contribution >= 4 is 29.9 Å². The number of ether oxygens (including phenoxy) is 2. The first-order chi connectivity index (χ1) is 12.1. The van der Waals surface area contributed by atoms with E-state index in [-0.39, 0.29) is 24.0 Å². The molecule has 1 saturated carbocycles. The third-order valence-corrected chi connectivity index (χ3v) is 4.66. The molecular weight excluding hydrogens is 455 g/mol. The second-order valence-corrected chi connectivity index (χ2v) is 6.37. The van der Waals surface area contributed by atoms with E-state index in [1.165, 1.54) is 25.3 Å². The largest absolute Gasteiger partial charge is 0.492 e. The van der Waals surface area contributed by atoms with Crippen molar-refractivity contribution in [1.82, 2.24) is 10.6 Å². The Balaban J connectivity index is 0.00000338. The van der Waals surface area contributed by atoms with Crippen LogP contribution >= 0.6 is 24.0 Å². The molecular formula is C18H28F2IN3O2. The Bertz CT molecular complexity index is 584. The Morgan fingerprint density at radius 3 is 2.54 bits per heavy atom. The predicted molar refractivity (Wildman–Crippen MR) is 109 cm³/mol. The van der Waals surface area contributed by atoms with Crippen molar-refractivity contribution < 1.29 is 18.3 Å². The summed E-state index contributed by atoms with van der Waals surface area (Å²) in [5.74, 6) is -0.785. The van der Waals surface area contributed by atoms with Gasteiger partial charge in [-0.05, 0) is 36.8 Å². The molecule has 0 aromatic heterocycles. The number of guanidine groups is 1. The van der Waals surface area contributed by atoms with Gasteiger partial charge in [-0.3, -0.25) is 4.99 Å². The SMILES string of the molecule is CN=C(NCCOc1ccc(F)c(F)c1)NCC1(CCOC)CCC1.I. The Hall–Kier alpha value is -1.16. The molecule has 1 aromatic carbocycles. The Kier molecular flexibility index (Phi) is 10.1. The maximum atomic E-state index is 13.1. The number of rotatable bonds is 9. The Morgan fingerprint density at radius 2 is 1.96 bits per heavy atom. The number of nitrogens with zero attached hydrogens (tertiary/aromatic N) is 1. The minimum absolute atomic E-state index is 0. The summed E-state index contributed by atoms with van der Waals surface area (Å²) in [7, 11) is 3.45. The third kappa shape index (κ3) is 6.86. The predicted octanol–water partition coefficient (Wildman–Crippen LogP) is 3.33. The summed E-state index contributed by atoms with van der Waals surface area (Å²) in [6, 6.07) is 3.50. The van der Waals surface area contributed by atoms with E-state index in [0.29, 0.717) is 30.3 Å². The second kappa shape index (κ2) is 11.5. The van der Waals surface area contributed by atoms with Crippen LogP contribution in [0, 0.1) is 17.0 Å². The lowest BCUT2D eigenvalue weighted by Gasteiger charge is -2.42. The van der Waals surface area contributed by atoms with Gasteiger partial charge in [0.05, 0.1) is 6.54 Å². The highest BCUT2D eigenvalue weighted by Gasteiger charge is 2.36. The van der Waals surface area contributed by atoms with Crippen LogP contribution in [0.2, 0.25) is 0 Å². The quantitative estimate of drug-likeness (QED) is 0.245. The number of hydrogen-bond acceptors (Lipinski definition) is 3. The summed E-state index contributed by atoms with van der Waals surface area (Å²) >= 11 is 0. The van der Waals surface area contributed by atoms with Gasteiger partial charge in [-0.2, -0.15) is 0 Å². The molecule has 1 aromatic rings. The summed E-state index contributed by atoms with van der Waals surface area (Å²) in [6.07, 6.45) is 4.73. The van der Waals surface area contributed by atoms with Crippen LogP contribution in [-0.2, 0) is 4.74 Å². The highest BCUT2D eigenvalue weighted by atomic mass is 127. The van der Waals surface area contributed by atoms with E-state index in [1.54, 1.807) is 14.2 Å². The first-order valence-corrected chi connectivity index (χ1v) is 8.60. The number of aliphatic imine (C=N–C) groups is 1. The molecule has 2 rings (SSSR count). The van der Waals surface area contributed by atoms with Crippen molar-refractivity contribution in [3.8, 4) is 5.75 Å². The number of nitrogens with one attached hydrogen (secondary N) is 2. The van der Waals surface area contributed by atoms with Gasteiger partial charge in [-0.1, -0.05) is 6.42 Å². The van der Waals surface area contributed by atoms with Gasteiger partial charge < -0.3 is 20.1 Å². The number of halogens is 3. The van der Waals surface area contributed by atoms with Gasteiger partial charge in [0.15, 0.2) is 17.6 Å². The average Bonchev–Trinajstić information content (AvgIpc) is 2.58. The molecule has 8 heteroatoms. The molecule has 0 bridgehead atoms. The molecule has 0 saturated heterocycles. The van der Waals surface area contributed by atoms with Crippen LogP contribution in [0.25, 0.3) is 0 Å². The van der Waals surface area contributed by atoms with Crippen molar-refractivity contribution in [2.45, 2.75) is 25.7 Å². The molecule has 0 unspecified atom stereocenters.